The van der Waals surface area contributed by atoms with Gasteiger partial charge in [0.1, 0.15) is 5.54 Å². The Morgan fingerprint density at radius 3 is 2.53 bits per heavy atom. The molecule has 0 saturated heterocycles. The zero-order valence-electron chi connectivity index (χ0n) is 10.0. The Morgan fingerprint density at radius 1 is 1.27 bits per heavy atom. The third kappa shape index (κ3) is 7.32. The zero-order valence-corrected chi connectivity index (χ0v) is 10.0. The maximum Gasteiger partial charge on any atom is 0.103 e. The number of nitrogens with one attached hydrogen (secondary N) is 1. The molecular formula is C11H22N2O2. The number of ether oxygens (including phenoxy) is 2. The Balaban J connectivity index is 3.35. The van der Waals surface area contributed by atoms with Crippen molar-refractivity contribution in [1.82, 2.24) is 5.32 Å². The fourth-order valence-electron chi connectivity index (χ4n) is 1.16. The van der Waals surface area contributed by atoms with Gasteiger partial charge in [0, 0.05) is 13.7 Å². The Bertz CT molecular complexity index is 192. The monoisotopic (exact) mass is 214 g/mol. The summed E-state index contributed by atoms with van der Waals surface area (Å²) >= 11 is 0. The standard InChI is InChI=1S/C11H22N2O2/c1-11(10-12,13-2)6-4-5-7-15-9-8-14-3/h13H,4-9H2,1-3H3. The molecule has 0 aromatic carbocycles. The van der Waals surface area contributed by atoms with Gasteiger partial charge in [-0.2, -0.15) is 5.26 Å². The second-order valence-electron chi connectivity index (χ2n) is 3.76. The highest BCUT2D eigenvalue weighted by Crippen LogP contribution is 2.11. The van der Waals surface area contributed by atoms with Crippen molar-refractivity contribution in [2.45, 2.75) is 31.7 Å². The maximum absolute atomic E-state index is 8.90. The first-order chi connectivity index (χ1) is 7.18. The molecule has 0 aromatic rings. The Kier molecular flexibility index (Phi) is 8.30. The van der Waals surface area contributed by atoms with Crippen molar-refractivity contribution in [2.24, 2.45) is 0 Å². The van der Waals surface area contributed by atoms with E-state index in [9.17, 15) is 0 Å². The molecule has 0 saturated carbocycles. The summed E-state index contributed by atoms with van der Waals surface area (Å²) < 4.78 is 10.2. The van der Waals surface area contributed by atoms with E-state index in [1.54, 1.807) is 7.11 Å². The fraction of sp³-hybridized carbons (Fsp3) is 0.909. The molecule has 4 nitrogen and oxygen atoms in total. The first-order valence-electron chi connectivity index (χ1n) is 5.35. The van der Waals surface area contributed by atoms with Gasteiger partial charge in [-0.15, -0.1) is 0 Å². The summed E-state index contributed by atoms with van der Waals surface area (Å²) in [6.45, 7) is 3.96. The molecule has 0 bridgehead atoms. The number of rotatable bonds is 9. The van der Waals surface area contributed by atoms with Crippen LogP contribution >= 0.6 is 0 Å². The lowest BCUT2D eigenvalue weighted by molar-refractivity contribution is 0.0682. The van der Waals surface area contributed by atoms with Crippen LogP contribution in [0.25, 0.3) is 0 Å². The molecule has 0 amide bonds. The average molecular weight is 214 g/mol. The molecule has 0 aliphatic heterocycles. The van der Waals surface area contributed by atoms with Gasteiger partial charge in [0.05, 0.1) is 19.3 Å². The van der Waals surface area contributed by atoms with Crippen LogP contribution in [0.1, 0.15) is 26.2 Å². The number of nitrogens with zero attached hydrogens (tertiary/aromatic N) is 1. The average Bonchev–Trinajstić information content (AvgIpc) is 2.27. The lowest BCUT2D eigenvalue weighted by Gasteiger charge is -2.20. The minimum atomic E-state index is -0.396. The predicted molar refractivity (Wildman–Crippen MR) is 59.6 cm³/mol. The van der Waals surface area contributed by atoms with E-state index in [0.29, 0.717) is 13.2 Å². The van der Waals surface area contributed by atoms with E-state index in [1.807, 2.05) is 14.0 Å². The third-order valence-corrected chi connectivity index (χ3v) is 2.45. The largest absolute Gasteiger partial charge is 0.382 e. The highest BCUT2D eigenvalue weighted by molar-refractivity contribution is 5.02. The number of unbranched alkanes of at least 4 members (excludes halogenated alkanes) is 1. The zero-order chi connectivity index (χ0) is 11.6. The highest BCUT2D eigenvalue weighted by atomic mass is 16.5. The molecule has 1 N–H and O–H groups in total. The molecule has 1 unspecified atom stereocenters. The number of methoxy groups -OCH3 is 1. The van der Waals surface area contributed by atoms with Gasteiger partial charge in [0.15, 0.2) is 0 Å². The molecule has 4 heteroatoms. The quantitative estimate of drug-likeness (QED) is 0.588. The lowest BCUT2D eigenvalue weighted by atomic mass is 9.97. The van der Waals surface area contributed by atoms with E-state index < -0.39 is 5.54 Å². The minimum absolute atomic E-state index is 0.396. The highest BCUT2D eigenvalue weighted by Gasteiger charge is 2.19. The molecule has 1 atom stereocenters. The van der Waals surface area contributed by atoms with Gasteiger partial charge >= 0.3 is 0 Å². The molecule has 88 valence electrons. The van der Waals surface area contributed by atoms with E-state index >= 15 is 0 Å². The third-order valence-electron chi connectivity index (χ3n) is 2.45. The van der Waals surface area contributed by atoms with E-state index in [0.717, 1.165) is 25.9 Å². The van der Waals surface area contributed by atoms with Crippen LogP contribution < -0.4 is 5.32 Å². The Labute approximate surface area is 92.6 Å². The van der Waals surface area contributed by atoms with E-state index in [1.165, 1.54) is 0 Å². The van der Waals surface area contributed by atoms with Crippen LogP contribution in [0.5, 0.6) is 0 Å². The summed E-state index contributed by atoms with van der Waals surface area (Å²) in [5.74, 6) is 0. The van der Waals surface area contributed by atoms with Crippen molar-refractivity contribution in [1.29, 1.82) is 5.26 Å². The maximum atomic E-state index is 8.90. The molecular weight excluding hydrogens is 192 g/mol. The number of nitriles is 1. The summed E-state index contributed by atoms with van der Waals surface area (Å²) in [7, 11) is 3.48. The number of hydrogen-bond donors (Lipinski definition) is 1. The summed E-state index contributed by atoms with van der Waals surface area (Å²) in [6.07, 6.45) is 2.84. The van der Waals surface area contributed by atoms with Crippen LogP contribution in [0, 0.1) is 11.3 Å². The molecule has 0 spiro atoms. The Morgan fingerprint density at radius 2 is 2.00 bits per heavy atom. The molecule has 0 aliphatic rings. The van der Waals surface area contributed by atoms with E-state index in [4.69, 9.17) is 14.7 Å². The molecule has 0 radical (unpaired) electrons. The molecule has 0 heterocycles. The predicted octanol–water partition coefficient (Wildman–Crippen LogP) is 1.32. The molecule has 0 fully saturated rings. The van der Waals surface area contributed by atoms with Gasteiger partial charge < -0.3 is 14.8 Å². The van der Waals surface area contributed by atoms with Gasteiger partial charge in [-0.3, -0.25) is 0 Å². The topological polar surface area (TPSA) is 54.3 Å². The minimum Gasteiger partial charge on any atom is -0.382 e. The molecule has 0 aromatic heterocycles. The normalized spacial score (nSPS) is 14.5. The van der Waals surface area contributed by atoms with Crippen molar-refractivity contribution >= 4 is 0 Å². The summed E-state index contributed by atoms with van der Waals surface area (Å²) in [5, 5.41) is 11.9. The van der Waals surface area contributed by atoms with Gasteiger partial charge in [-0.05, 0) is 33.2 Å². The van der Waals surface area contributed by atoms with Gasteiger partial charge in [-0.25, -0.2) is 0 Å². The summed E-state index contributed by atoms with van der Waals surface area (Å²) in [5.41, 5.74) is -0.396. The van der Waals surface area contributed by atoms with Crippen molar-refractivity contribution in [3.05, 3.63) is 0 Å². The van der Waals surface area contributed by atoms with E-state index in [2.05, 4.69) is 11.4 Å². The fourth-order valence-corrected chi connectivity index (χ4v) is 1.16. The smallest absolute Gasteiger partial charge is 0.103 e. The molecule has 0 aliphatic carbocycles. The van der Waals surface area contributed by atoms with Crippen molar-refractivity contribution in [3.8, 4) is 6.07 Å². The lowest BCUT2D eigenvalue weighted by Crippen LogP contribution is -2.37. The van der Waals surface area contributed by atoms with Gasteiger partial charge in [0.2, 0.25) is 0 Å². The van der Waals surface area contributed by atoms with Crippen LogP contribution in [0.15, 0.2) is 0 Å². The second kappa shape index (κ2) is 8.66. The van der Waals surface area contributed by atoms with Gasteiger partial charge in [0.25, 0.3) is 0 Å². The van der Waals surface area contributed by atoms with Gasteiger partial charge in [-0.1, -0.05) is 0 Å². The first kappa shape index (κ1) is 14.4. The Hall–Kier alpha value is -0.630. The SMILES string of the molecule is CNC(C)(C#N)CCCCOCCOC. The number of hydrogen-bond acceptors (Lipinski definition) is 4. The first-order valence-corrected chi connectivity index (χ1v) is 5.35. The van der Waals surface area contributed by atoms with Crippen LogP contribution in [-0.4, -0.2) is 39.5 Å². The summed E-state index contributed by atoms with van der Waals surface area (Å²) in [6, 6.07) is 2.27. The molecule has 15 heavy (non-hydrogen) atoms. The van der Waals surface area contributed by atoms with E-state index in [-0.39, 0.29) is 0 Å². The summed E-state index contributed by atoms with van der Waals surface area (Å²) in [4.78, 5) is 0. The van der Waals surface area contributed by atoms with Crippen LogP contribution in [-0.2, 0) is 9.47 Å². The van der Waals surface area contributed by atoms with Crippen molar-refractivity contribution < 1.29 is 9.47 Å². The van der Waals surface area contributed by atoms with Crippen LogP contribution in [0.2, 0.25) is 0 Å². The van der Waals surface area contributed by atoms with Crippen molar-refractivity contribution in [2.75, 3.05) is 34.0 Å². The van der Waals surface area contributed by atoms with Crippen molar-refractivity contribution in [3.63, 3.8) is 0 Å². The molecule has 0 rings (SSSR count). The second-order valence-corrected chi connectivity index (χ2v) is 3.76. The van der Waals surface area contributed by atoms with Crippen LogP contribution in [0.4, 0.5) is 0 Å². The van der Waals surface area contributed by atoms with Crippen LogP contribution in [0.3, 0.4) is 0 Å².